The second kappa shape index (κ2) is 6.67. The molecule has 1 heterocycles. The Kier molecular flexibility index (Phi) is 5.47. The first-order valence-electron chi connectivity index (χ1n) is 5.96. The lowest BCUT2D eigenvalue weighted by atomic mass is 10.0. The molecule has 0 radical (unpaired) electrons. The third-order valence-corrected chi connectivity index (χ3v) is 2.79. The van der Waals surface area contributed by atoms with Crippen LogP contribution in [0.25, 0.3) is 0 Å². The molecule has 0 spiro atoms. The minimum absolute atomic E-state index is 0.0532. The fraction of sp³-hybridized carbons (Fsp3) is 0.909. The standard InChI is InChI=1S/C11H23N3O/c1-3-12-11(15)13-6-8-14-7-4-5-10(2)9-14/h10H,3-9H2,1-2H3,(H2,12,13,15). The molecular weight excluding hydrogens is 190 g/mol. The minimum atomic E-state index is -0.0532. The maximum atomic E-state index is 11.1. The van der Waals surface area contributed by atoms with E-state index in [0.29, 0.717) is 6.54 Å². The Hall–Kier alpha value is -0.770. The molecule has 4 nitrogen and oxygen atoms in total. The van der Waals surface area contributed by atoms with Gasteiger partial charge in [-0.25, -0.2) is 4.79 Å². The molecule has 0 bridgehead atoms. The number of nitrogens with zero attached hydrogens (tertiary/aromatic N) is 1. The van der Waals surface area contributed by atoms with Crippen molar-refractivity contribution in [1.82, 2.24) is 15.5 Å². The molecule has 1 aliphatic rings. The van der Waals surface area contributed by atoms with Gasteiger partial charge in [-0.05, 0) is 32.2 Å². The third kappa shape index (κ3) is 5.02. The molecular formula is C11H23N3O. The van der Waals surface area contributed by atoms with Crippen LogP contribution in [0.5, 0.6) is 0 Å². The first-order valence-corrected chi connectivity index (χ1v) is 5.96. The van der Waals surface area contributed by atoms with Crippen LogP contribution in [0.4, 0.5) is 4.79 Å². The summed E-state index contributed by atoms with van der Waals surface area (Å²) in [6, 6.07) is -0.0532. The van der Waals surface area contributed by atoms with Gasteiger partial charge < -0.3 is 15.5 Å². The van der Waals surface area contributed by atoms with E-state index in [2.05, 4.69) is 22.5 Å². The molecule has 1 atom stereocenters. The summed E-state index contributed by atoms with van der Waals surface area (Å²) in [6.45, 7) is 8.99. The van der Waals surface area contributed by atoms with Crippen LogP contribution in [-0.4, -0.2) is 43.7 Å². The van der Waals surface area contributed by atoms with Crippen LogP contribution in [-0.2, 0) is 0 Å². The van der Waals surface area contributed by atoms with Gasteiger partial charge in [0.1, 0.15) is 0 Å². The molecule has 0 aromatic rings. The number of carbonyl (C=O) groups is 1. The highest BCUT2D eigenvalue weighted by Crippen LogP contribution is 2.14. The Morgan fingerprint density at radius 1 is 1.47 bits per heavy atom. The molecule has 0 aromatic heterocycles. The molecule has 2 N–H and O–H groups in total. The molecule has 1 unspecified atom stereocenters. The van der Waals surface area contributed by atoms with Crippen molar-refractivity contribution >= 4 is 6.03 Å². The van der Waals surface area contributed by atoms with Gasteiger partial charge in [-0.1, -0.05) is 6.92 Å². The van der Waals surface area contributed by atoms with Crippen LogP contribution in [0.15, 0.2) is 0 Å². The number of amides is 2. The van der Waals surface area contributed by atoms with E-state index in [1.807, 2.05) is 6.92 Å². The molecule has 2 amide bonds. The Bertz CT molecular complexity index is 196. The monoisotopic (exact) mass is 213 g/mol. The summed E-state index contributed by atoms with van der Waals surface area (Å²) in [5, 5.41) is 5.58. The summed E-state index contributed by atoms with van der Waals surface area (Å²) in [4.78, 5) is 13.5. The predicted octanol–water partition coefficient (Wildman–Crippen LogP) is 1.04. The second-order valence-electron chi connectivity index (χ2n) is 4.33. The van der Waals surface area contributed by atoms with Gasteiger partial charge in [0.25, 0.3) is 0 Å². The van der Waals surface area contributed by atoms with Crippen molar-refractivity contribution in [2.45, 2.75) is 26.7 Å². The number of urea groups is 1. The number of likely N-dealkylation sites (tertiary alicyclic amines) is 1. The Morgan fingerprint density at radius 2 is 2.27 bits per heavy atom. The summed E-state index contributed by atoms with van der Waals surface area (Å²) in [5.74, 6) is 0.809. The van der Waals surface area contributed by atoms with Crippen LogP contribution in [0.1, 0.15) is 26.7 Å². The molecule has 1 rings (SSSR count). The fourth-order valence-electron chi connectivity index (χ4n) is 2.04. The zero-order valence-corrected chi connectivity index (χ0v) is 9.88. The minimum Gasteiger partial charge on any atom is -0.338 e. The SMILES string of the molecule is CCNC(=O)NCCN1CCCC(C)C1. The van der Waals surface area contributed by atoms with Crippen LogP contribution in [0, 0.1) is 5.92 Å². The van der Waals surface area contributed by atoms with Gasteiger partial charge in [0, 0.05) is 26.2 Å². The van der Waals surface area contributed by atoms with Crippen LogP contribution in [0.3, 0.4) is 0 Å². The topological polar surface area (TPSA) is 44.4 Å². The van der Waals surface area contributed by atoms with E-state index < -0.39 is 0 Å². The lowest BCUT2D eigenvalue weighted by Crippen LogP contribution is -2.42. The van der Waals surface area contributed by atoms with E-state index in [1.165, 1.54) is 25.9 Å². The second-order valence-corrected chi connectivity index (χ2v) is 4.33. The Morgan fingerprint density at radius 3 is 2.93 bits per heavy atom. The van der Waals surface area contributed by atoms with Crippen molar-refractivity contribution in [2.24, 2.45) is 5.92 Å². The zero-order chi connectivity index (χ0) is 11.1. The molecule has 15 heavy (non-hydrogen) atoms. The van der Waals surface area contributed by atoms with Crippen molar-refractivity contribution < 1.29 is 4.79 Å². The normalized spacial score (nSPS) is 22.4. The van der Waals surface area contributed by atoms with Crippen LogP contribution in [0.2, 0.25) is 0 Å². The van der Waals surface area contributed by atoms with Crippen LogP contribution < -0.4 is 10.6 Å². The molecule has 0 aromatic carbocycles. The summed E-state index contributed by atoms with van der Waals surface area (Å²) >= 11 is 0. The number of hydrogen-bond acceptors (Lipinski definition) is 2. The van der Waals surface area contributed by atoms with Gasteiger partial charge in [0.05, 0.1) is 0 Å². The highest BCUT2D eigenvalue weighted by atomic mass is 16.2. The van der Waals surface area contributed by atoms with Gasteiger partial charge in [-0.3, -0.25) is 0 Å². The maximum absolute atomic E-state index is 11.1. The number of carbonyl (C=O) groups excluding carboxylic acids is 1. The van der Waals surface area contributed by atoms with E-state index in [4.69, 9.17) is 0 Å². The average molecular weight is 213 g/mol. The lowest BCUT2D eigenvalue weighted by molar-refractivity contribution is 0.184. The molecule has 0 saturated carbocycles. The van der Waals surface area contributed by atoms with Gasteiger partial charge >= 0.3 is 6.03 Å². The predicted molar refractivity (Wildman–Crippen MR) is 61.9 cm³/mol. The highest BCUT2D eigenvalue weighted by molar-refractivity contribution is 5.73. The number of rotatable bonds is 4. The molecule has 4 heteroatoms. The summed E-state index contributed by atoms with van der Waals surface area (Å²) in [6.07, 6.45) is 2.64. The molecule has 1 saturated heterocycles. The quantitative estimate of drug-likeness (QED) is 0.733. The first kappa shape index (κ1) is 12.3. The summed E-state index contributed by atoms with van der Waals surface area (Å²) in [5.41, 5.74) is 0. The van der Waals surface area contributed by atoms with Crippen molar-refractivity contribution in [3.8, 4) is 0 Å². The van der Waals surface area contributed by atoms with Gasteiger partial charge in [0.2, 0.25) is 0 Å². The van der Waals surface area contributed by atoms with Crippen molar-refractivity contribution in [2.75, 3.05) is 32.7 Å². The van der Waals surface area contributed by atoms with E-state index in [1.54, 1.807) is 0 Å². The van der Waals surface area contributed by atoms with Gasteiger partial charge in [-0.15, -0.1) is 0 Å². The Balaban J connectivity index is 2.06. The largest absolute Gasteiger partial charge is 0.338 e. The van der Waals surface area contributed by atoms with Gasteiger partial charge in [0.15, 0.2) is 0 Å². The first-order chi connectivity index (χ1) is 7.22. The zero-order valence-electron chi connectivity index (χ0n) is 9.88. The average Bonchev–Trinajstić information content (AvgIpc) is 2.18. The van der Waals surface area contributed by atoms with Crippen LogP contribution >= 0.6 is 0 Å². The molecule has 1 aliphatic heterocycles. The van der Waals surface area contributed by atoms with E-state index >= 15 is 0 Å². The Labute approximate surface area is 92.4 Å². The third-order valence-electron chi connectivity index (χ3n) is 2.79. The van der Waals surface area contributed by atoms with E-state index in [9.17, 15) is 4.79 Å². The van der Waals surface area contributed by atoms with Gasteiger partial charge in [-0.2, -0.15) is 0 Å². The van der Waals surface area contributed by atoms with E-state index in [0.717, 1.165) is 19.0 Å². The fourth-order valence-corrected chi connectivity index (χ4v) is 2.04. The van der Waals surface area contributed by atoms with Crippen molar-refractivity contribution in [3.05, 3.63) is 0 Å². The summed E-state index contributed by atoms with van der Waals surface area (Å²) < 4.78 is 0. The molecule has 1 fully saturated rings. The number of hydrogen-bond donors (Lipinski definition) is 2. The lowest BCUT2D eigenvalue weighted by Gasteiger charge is -2.30. The number of piperidine rings is 1. The van der Waals surface area contributed by atoms with Crippen molar-refractivity contribution in [1.29, 1.82) is 0 Å². The highest BCUT2D eigenvalue weighted by Gasteiger charge is 2.15. The van der Waals surface area contributed by atoms with Crippen molar-refractivity contribution in [3.63, 3.8) is 0 Å². The summed E-state index contributed by atoms with van der Waals surface area (Å²) in [7, 11) is 0. The maximum Gasteiger partial charge on any atom is 0.314 e. The molecule has 88 valence electrons. The van der Waals surface area contributed by atoms with E-state index in [-0.39, 0.29) is 6.03 Å². The smallest absolute Gasteiger partial charge is 0.314 e. The molecule has 0 aliphatic carbocycles. The number of nitrogens with one attached hydrogen (secondary N) is 2.